The fourth-order valence-corrected chi connectivity index (χ4v) is 1.18. The van der Waals surface area contributed by atoms with Crippen molar-refractivity contribution in [2.45, 2.75) is 0 Å². The molecule has 0 amide bonds. The Hall–Kier alpha value is -1.71. The minimum Gasteiger partial charge on any atom is -0.329 e. The maximum absolute atomic E-state index is 12.7. The van der Waals surface area contributed by atoms with Crippen molar-refractivity contribution in [3.05, 3.63) is 46.3 Å². The van der Waals surface area contributed by atoms with Gasteiger partial charge in [0.2, 0.25) is 17.2 Å². The Bertz CT molecular complexity index is 518. The predicted octanol–water partition coefficient (Wildman–Crippen LogP) is 1.81. The lowest BCUT2D eigenvalue weighted by Gasteiger charge is -1.97. The molecule has 0 unspecified atom stereocenters. The van der Waals surface area contributed by atoms with Crippen LogP contribution in [0.25, 0.3) is 10.9 Å². The first-order valence-corrected chi connectivity index (χ1v) is 3.66. The summed E-state index contributed by atoms with van der Waals surface area (Å²) in [7, 11) is 0. The van der Waals surface area contributed by atoms with Gasteiger partial charge < -0.3 is 4.98 Å². The second kappa shape index (κ2) is 2.65. The molecule has 1 aromatic heterocycles. The third kappa shape index (κ3) is 1.11. The monoisotopic (exact) mass is 181 g/mol. The third-order valence-electron chi connectivity index (χ3n) is 1.81. The molecule has 1 N–H and O–H groups in total. The summed E-state index contributed by atoms with van der Waals surface area (Å²) in [5.74, 6) is -2.58. The molecule has 13 heavy (non-hydrogen) atoms. The van der Waals surface area contributed by atoms with Crippen molar-refractivity contribution in [1.29, 1.82) is 0 Å². The van der Waals surface area contributed by atoms with E-state index in [1.54, 1.807) is 12.1 Å². The lowest BCUT2D eigenvalue weighted by Crippen LogP contribution is -2.11. The van der Waals surface area contributed by atoms with Crippen molar-refractivity contribution in [3.63, 3.8) is 0 Å². The second-order valence-corrected chi connectivity index (χ2v) is 2.63. The lowest BCUT2D eigenvalue weighted by molar-refractivity contribution is 0.478. The average Bonchev–Trinajstić information content (AvgIpc) is 2.15. The minimum atomic E-state index is -1.36. The van der Waals surface area contributed by atoms with Gasteiger partial charge in [-0.2, -0.15) is 8.78 Å². The Balaban J connectivity index is 3.03. The van der Waals surface area contributed by atoms with Gasteiger partial charge in [0.05, 0.1) is 5.52 Å². The molecule has 0 spiro atoms. The number of aromatic amines is 1. The maximum Gasteiger partial charge on any atom is 0.231 e. The molecule has 0 radical (unpaired) electrons. The number of hydrogen-bond donors (Lipinski definition) is 1. The number of aromatic nitrogens is 1. The normalized spacial score (nSPS) is 10.6. The maximum atomic E-state index is 12.7. The highest BCUT2D eigenvalue weighted by Crippen LogP contribution is 2.08. The van der Waals surface area contributed by atoms with Gasteiger partial charge >= 0.3 is 0 Å². The molecule has 1 heterocycles. The van der Waals surface area contributed by atoms with E-state index in [1.807, 2.05) is 0 Å². The van der Waals surface area contributed by atoms with Crippen molar-refractivity contribution in [2.75, 3.05) is 0 Å². The predicted molar refractivity (Wildman–Crippen MR) is 44.5 cm³/mol. The molecule has 4 heteroatoms. The number of fused-ring (bicyclic) bond motifs is 1. The molecule has 2 nitrogen and oxygen atoms in total. The number of benzene rings is 1. The summed E-state index contributed by atoms with van der Waals surface area (Å²) in [6.45, 7) is 0. The van der Waals surface area contributed by atoms with Gasteiger partial charge in [-0.1, -0.05) is 12.1 Å². The molecule has 0 fully saturated rings. The van der Waals surface area contributed by atoms with Gasteiger partial charge in [0.15, 0.2) is 0 Å². The summed E-state index contributed by atoms with van der Waals surface area (Å²) in [5, 5.41) is 0.154. The molecule has 2 aromatic rings. The lowest BCUT2D eigenvalue weighted by atomic mass is 10.2. The molecular weight excluding hydrogens is 176 g/mol. The van der Waals surface area contributed by atoms with Crippen LogP contribution < -0.4 is 5.43 Å². The Kier molecular flexibility index (Phi) is 1.62. The van der Waals surface area contributed by atoms with Crippen LogP contribution in [-0.4, -0.2) is 4.98 Å². The quantitative estimate of drug-likeness (QED) is 0.617. The SMILES string of the molecule is O=c1c(F)c(F)[nH]c2ccccc12. The van der Waals surface area contributed by atoms with E-state index in [0.29, 0.717) is 5.52 Å². The smallest absolute Gasteiger partial charge is 0.231 e. The van der Waals surface area contributed by atoms with Crippen molar-refractivity contribution in [2.24, 2.45) is 0 Å². The van der Waals surface area contributed by atoms with Crippen LogP contribution in [0.5, 0.6) is 0 Å². The molecule has 66 valence electrons. The second-order valence-electron chi connectivity index (χ2n) is 2.63. The van der Waals surface area contributed by atoms with E-state index < -0.39 is 17.2 Å². The van der Waals surface area contributed by atoms with E-state index >= 15 is 0 Å². The summed E-state index contributed by atoms with van der Waals surface area (Å²) in [4.78, 5) is 13.3. The molecular formula is C9H5F2NO. The highest BCUT2D eigenvalue weighted by molar-refractivity contribution is 5.77. The van der Waals surface area contributed by atoms with Gasteiger partial charge in [-0.05, 0) is 12.1 Å². The number of pyridine rings is 1. The number of hydrogen-bond acceptors (Lipinski definition) is 1. The van der Waals surface area contributed by atoms with E-state index in [1.165, 1.54) is 12.1 Å². The van der Waals surface area contributed by atoms with E-state index in [-0.39, 0.29) is 5.39 Å². The third-order valence-corrected chi connectivity index (χ3v) is 1.81. The summed E-state index contributed by atoms with van der Waals surface area (Å²) in [6, 6.07) is 6.18. The van der Waals surface area contributed by atoms with Crippen LogP contribution in [0.4, 0.5) is 8.78 Å². The van der Waals surface area contributed by atoms with E-state index in [0.717, 1.165) is 0 Å². The first-order chi connectivity index (χ1) is 6.20. The Morgan fingerprint density at radius 3 is 2.62 bits per heavy atom. The Morgan fingerprint density at radius 1 is 1.15 bits per heavy atom. The molecule has 0 saturated carbocycles. The largest absolute Gasteiger partial charge is 0.329 e. The van der Waals surface area contributed by atoms with Crippen LogP contribution >= 0.6 is 0 Å². The molecule has 0 atom stereocenters. The summed E-state index contributed by atoms with van der Waals surface area (Å²) >= 11 is 0. The van der Waals surface area contributed by atoms with Gasteiger partial charge in [-0.25, -0.2) is 0 Å². The first kappa shape index (κ1) is 7.91. The van der Waals surface area contributed by atoms with Gasteiger partial charge in [-0.15, -0.1) is 0 Å². The Morgan fingerprint density at radius 2 is 1.85 bits per heavy atom. The molecule has 0 aliphatic rings. The van der Waals surface area contributed by atoms with Crippen LogP contribution in [-0.2, 0) is 0 Å². The zero-order chi connectivity index (χ0) is 9.42. The summed E-state index contributed by atoms with van der Waals surface area (Å²) < 4.78 is 25.4. The molecule has 1 aromatic carbocycles. The number of nitrogens with one attached hydrogen (secondary N) is 1. The zero-order valence-corrected chi connectivity index (χ0v) is 6.47. The van der Waals surface area contributed by atoms with Crippen molar-refractivity contribution in [3.8, 4) is 0 Å². The highest BCUT2D eigenvalue weighted by Gasteiger charge is 2.09. The highest BCUT2D eigenvalue weighted by atomic mass is 19.2. The fourth-order valence-electron chi connectivity index (χ4n) is 1.18. The first-order valence-electron chi connectivity index (χ1n) is 3.66. The number of para-hydroxylation sites is 1. The topological polar surface area (TPSA) is 32.9 Å². The van der Waals surface area contributed by atoms with E-state index in [9.17, 15) is 13.6 Å². The molecule has 0 aliphatic carbocycles. The number of H-pyrrole nitrogens is 1. The van der Waals surface area contributed by atoms with Crippen molar-refractivity contribution < 1.29 is 8.78 Å². The zero-order valence-electron chi connectivity index (χ0n) is 6.47. The number of halogens is 2. The van der Waals surface area contributed by atoms with Crippen LogP contribution in [0.15, 0.2) is 29.1 Å². The van der Waals surface area contributed by atoms with Gasteiger partial charge in [-0.3, -0.25) is 4.79 Å². The molecule has 0 saturated heterocycles. The van der Waals surface area contributed by atoms with Crippen LogP contribution in [0, 0.1) is 11.8 Å². The Labute approximate surface area is 71.8 Å². The number of rotatable bonds is 0. The summed E-state index contributed by atoms with van der Waals surface area (Å²) in [5.41, 5.74) is -0.613. The van der Waals surface area contributed by atoms with Gasteiger partial charge in [0, 0.05) is 5.39 Å². The standard InChI is InChI=1S/C9H5F2NO/c10-7-8(13)5-3-1-2-4-6(5)12-9(7)11/h1-4H,(H,12,13). The fraction of sp³-hybridized carbons (Fsp3) is 0. The van der Waals surface area contributed by atoms with Crippen molar-refractivity contribution >= 4 is 10.9 Å². The summed E-state index contributed by atoms with van der Waals surface area (Å²) in [6.07, 6.45) is 0. The average molecular weight is 181 g/mol. The molecule has 0 bridgehead atoms. The van der Waals surface area contributed by atoms with E-state index in [4.69, 9.17) is 0 Å². The van der Waals surface area contributed by atoms with Gasteiger partial charge in [0.1, 0.15) is 0 Å². The van der Waals surface area contributed by atoms with Crippen LogP contribution in [0.2, 0.25) is 0 Å². The molecule has 0 aliphatic heterocycles. The minimum absolute atomic E-state index is 0.154. The van der Waals surface area contributed by atoms with Gasteiger partial charge in [0.25, 0.3) is 0 Å². The molecule has 2 rings (SSSR count). The van der Waals surface area contributed by atoms with Crippen LogP contribution in [0.1, 0.15) is 0 Å². The van der Waals surface area contributed by atoms with Crippen molar-refractivity contribution in [1.82, 2.24) is 4.98 Å². The van der Waals surface area contributed by atoms with Crippen LogP contribution in [0.3, 0.4) is 0 Å². The van der Waals surface area contributed by atoms with E-state index in [2.05, 4.69) is 4.98 Å².